The zero-order chi connectivity index (χ0) is 17.1. The number of rotatable bonds is 4. The molecule has 1 aromatic carbocycles. The number of nitrogens with one attached hydrogen (secondary N) is 2. The molecule has 1 aromatic rings. The Bertz CT molecular complexity index is 677. The van der Waals surface area contributed by atoms with E-state index in [9.17, 15) is 14.4 Å². The van der Waals surface area contributed by atoms with Crippen molar-refractivity contribution in [1.82, 2.24) is 10.2 Å². The summed E-state index contributed by atoms with van der Waals surface area (Å²) >= 11 is 0. The van der Waals surface area contributed by atoms with Crippen LogP contribution < -0.4 is 20.1 Å². The zero-order valence-corrected chi connectivity index (χ0v) is 12.8. The van der Waals surface area contributed by atoms with Crippen LogP contribution in [0.3, 0.4) is 0 Å². The second-order valence-corrected chi connectivity index (χ2v) is 5.54. The first-order valence-electron chi connectivity index (χ1n) is 7.50. The number of fused-ring (bicyclic) bond motifs is 1. The average molecular weight is 335 g/mol. The molecule has 24 heavy (non-hydrogen) atoms. The van der Waals surface area contributed by atoms with E-state index >= 15 is 0 Å². The molecule has 2 aliphatic heterocycles. The maximum atomic E-state index is 11.9. The van der Waals surface area contributed by atoms with Gasteiger partial charge in [0.05, 0.1) is 6.54 Å². The van der Waals surface area contributed by atoms with Gasteiger partial charge in [0.15, 0.2) is 11.5 Å². The molecule has 2 heterocycles. The second kappa shape index (κ2) is 6.75. The summed E-state index contributed by atoms with van der Waals surface area (Å²) in [6.07, 6.45) is 1.22. The number of nitrogens with zero attached hydrogens (tertiary/aromatic N) is 1. The maximum absolute atomic E-state index is 11.9. The molecule has 1 fully saturated rings. The van der Waals surface area contributed by atoms with Gasteiger partial charge in [0.2, 0.25) is 12.7 Å². The van der Waals surface area contributed by atoms with Gasteiger partial charge in [0.1, 0.15) is 6.04 Å². The Hall–Kier alpha value is -2.81. The number of ether oxygens (including phenoxy) is 2. The second-order valence-electron chi connectivity index (χ2n) is 5.54. The van der Waals surface area contributed by atoms with Crippen molar-refractivity contribution in [2.24, 2.45) is 0 Å². The monoisotopic (exact) mass is 335 g/mol. The van der Waals surface area contributed by atoms with E-state index in [0.717, 1.165) is 0 Å². The number of urea groups is 1. The molecule has 3 rings (SSSR count). The molecule has 3 N–H and O–H groups in total. The van der Waals surface area contributed by atoms with Gasteiger partial charge in [-0.15, -0.1) is 0 Å². The van der Waals surface area contributed by atoms with Crippen LogP contribution in [-0.4, -0.2) is 53.8 Å². The van der Waals surface area contributed by atoms with E-state index in [0.29, 0.717) is 36.6 Å². The number of amides is 3. The molecule has 0 saturated carbocycles. The summed E-state index contributed by atoms with van der Waals surface area (Å²) in [5.41, 5.74) is 0.453. The lowest BCUT2D eigenvalue weighted by atomic mass is 10.2. The van der Waals surface area contributed by atoms with E-state index in [1.807, 2.05) is 0 Å². The van der Waals surface area contributed by atoms with Crippen LogP contribution in [0.15, 0.2) is 18.2 Å². The standard InChI is InChI=1S/C15H17N3O6/c19-13(7-18-5-1-2-10(18)14(20)21)17-15(22)16-9-3-4-11-12(6-9)24-8-23-11/h3-4,6,10H,1-2,5,7-8H2,(H,20,21)(H2,16,17,19,22)/t10-/m1/s1. The number of aliphatic carboxylic acids is 1. The van der Waals surface area contributed by atoms with E-state index in [1.54, 1.807) is 23.1 Å². The largest absolute Gasteiger partial charge is 0.480 e. The number of carbonyl (C=O) groups excluding carboxylic acids is 2. The number of benzene rings is 1. The number of anilines is 1. The molecule has 128 valence electrons. The topological polar surface area (TPSA) is 117 Å². The summed E-state index contributed by atoms with van der Waals surface area (Å²) in [5, 5.41) is 13.8. The molecule has 0 unspecified atom stereocenters. The third-order valence-corrected chi connectivity index (χ3v) is 3.88. The number of imide groups is 1. The number of hydrogen-bond acceptors (Lipinski definition) is 6. The van der Waals surface area contributed by atoms with Crippen molar-refractivity contribution < 1.29 is 29.0 Å². The molecule has 2 aliphatic rings. The molecule has 0 radical (unpaired) electrons. The van der Waals surface area contributed by atoms with Crippen molar-refractivity contribution in [2.75, 3.05) is 25.2 Å². The van der Waals surface area contributed by atoms with E-state index in [1.165, 1.54) is 0 Å². The summed E-state index contributed by atoms with van der Waals surface area (Å²) in [5.74, 6) is -0.405. The highest BCUT2D eigenvalue weighted by molar-refractivity contribution is 6.02. The third kappa shape index (κ3) is 3.57. The van der Waals surface area contributed by atoms with Crippen LogP contribution in [0.5, 0.6) is 11.5 Å². The summed E-state index contributed by atoms with van der Waals surface area (Å²) in [4.78, 5) is 36.4. The number of carbonyl (C=O) groups is 3. The fourth-order valence-electron chi connectivity index (χ4n) is 2.78. The predicted octanol–water partition coefficient (Wildman–Crippen LogP) is 0.612. The molecule has 0 spiro atoms. The SMILES string of the molecule is O=C(CN1CCC[C@@H]1C(=O)O)NC(=O)Nc1ccc2c(c1)OCO2. The van der Waals surface area contributed by atoms with Crippen LogP contribution in [-0.2, 0) is 9.59 Å². The first kappa shape index (κ1) is 16.1. The van der Waals surface area contributed by atoms with Gasteiger partial charge in [0, 0.05) is 11.8 Å². The number of carboxylic acid groups (broad SMARTS) is 1. The third-order valence-electron chi connectivity index (χ3n) is 3.88. The van der Waals surface area contributed by atoms with Gasteiger partial charge in [-0.25, -0.2) is 4.79 Å². The molecule has 3 amide bonds. The Labute approximate surface area is 137 Å². The van der Waals surface area contributed by atoms with Crippen LogP contribution in [0.4, 0.5) is 10.5 Å². The van der Waals surface area contributed by atoms with E-state index in [-0.39, 0.29) is 13.3 Å². The minimum absolute atomic E-state index is 0.129. The highest BCUT2D eigenvalue weighted by Crippen LogP contribution is 2.34. The average Bonchev–Trinajstić information content (AvgIpc) is 3.14. The molecule has 1 saturated heterocycles. The Balaban J connectivity index is 1.51. The van der Waals surface area contributed by atoms with Gasteiger partial charge >= 0.3 is 12.0 Å². The summed E-state index contributed by atoms with van der Waals surface area (Å²) < 4.78 is 10.4. The summed E-state index contributed by atoms with van der Waals surface area (Å²) in [6, 6.07) is 3.51. The van der Waals surface area contributed by atoms with Crippen molar-refractivity contribution in [3.8, 4) is 11.5 Å². The molecule has 9 nitrogen and oxygen atoms in total. The molecule has 0 aromatic heterocycles. The Morgan fingerprint density at radius 3 is 2.83 bits per heavy atom. The quantitative estimate of drug-likeness (QED) is 0.738. The van der Waals surface area contributed by atoms with Crippen molar-refractivity contribution in [3.05, 3.63) is 18.2 Å². The van der Waals surface area contributed by atoms with Gasteiger partial charge in [-0.1, -0.05) is 0 Å². The maximum Gasteiger partial charge on any atom is 0.325 e. The minimum atomic E-state index is -0.954. The lowest BCUT2D eigenvalue weighted by molar-refractivity contribution is -0.142. The van der Waals surface area contributed by atoms with E-state index in [2.05, 4.69) is 10.6 Å². The van der Waals surface area contributed by atoms with Gasteiger partial charge in [-0.3, -0.25) is 19.8 Å². The van der Waals surface area contributed by atoms with E-state index in [4.69, 9.17) is 14.6 Å². The highest BCUT2D eigenvalue weighted by Gasteiger charge is 2.31. The van der Waals surface area contributed by atoms with Gasteiger partial charge in [0.25, 0.3) is 0 Å². The fraction of sp³-hybridized carbons (Fsp3) is 0.400. The Kier molecular flexibility index (Phi) is 4.52. The normalized spacial score (nSPS) is 19.1. The van der Waals surface area contributed by atoms with Crippen molar-refractivity contribution >= 4 is 23.6 Å². The van der Waals surface area contributed by atoms with Gasteiger partial charge < -0.3 is 19.9 Å². The van der Waals surface area contributed by atoms with Crippen molar-refractivity contribution in [3.63, 3.8) is 0 Å². The number of hydrogen-bond donors (Lipinski definition) is 3. The van der Waals surface area contributed by atoms with Crippen LogP contribution >= 0.6 is 0 Å². The predicted molar refractivity (Wildman–Crippen MR) is 82.0 cm³/mol. The van der Waals surface area contributed by atoms with Gasteiger partial charge in [-0.05, 0) is 31.5 Å². The molecular weight excluding hydrogens is 318 g/mol. The molecule has 0 bridgehead atoms. The van der Waals surface area contributed by atoms with Gasteiger partial charge in [-0.2, -0.15) is 0 Å². The van der Waals surface area contributed by atoms with Crippen molar-refractivity contribution in [2.45, 2.75) is 18.9 Å². The van der Waals surface area contributed by atoms with Crippen LogP contribution in [0, 0.1) is 0 Å². The van der Waals surface area contributed by atoms with Crippen LogP contribution in [0.25, 0.3) is 0 Å². The Morgan fingerprint density at radius 2 is 2.04 bits per heavy atom. The smallest absolute Gasteiger partial charge is 0.325 e. The molecule has 9 heteroatoms. The molecule has 1 atom stereocenters. The first-order valence-corrected chi connectivity index (χ1v) is 7.50. The number of carboxylic acids is 1. The number of likely N-dealkylation sites (tertiary alicyclic amines) is 1. The minimum Gasteiger partial charge on any atom is -0.480 e. The van der Waals surface area contributed by atoms with E-state index < -0.39 is 23.9 Å². The lowest BCUT2D eigenvalue weighted by Gasteiger charge is -2.19. The lowest BCUT2D eigenvalue weighted by Crippen LogP contribution is -2.45. The zero-order valence-electron chi connectivity index (χ0n) is 12.8. The summed E-state index contributed by atoms with van der Waals surface area (Å²) in [6.45, 7) is 0.518. The molecule has 0 aliphatic carbocycles. The summed E-state index contributed by atoms with van der Waals surface area (Å²) in [7, 11) is 0. The van der Waals surface area contributed by atoms with Crippen LogP contribution in [0.1, 0.15) is 12.8 Å². The molecular formula is C15H17N3O6. The Morgan fingerprint density at radius 1 is 1.25 bits per heavy atom. The van der Waals surface area contributed by atoms with Crippen LogP contribution in [0.2, 0.25) is 0 Å². The highest BCUT2D eigenvalue weighted by atomic mass is 16.7. The fourth-order valence-corrected chi connectivity index (χ4v) is 2.78. The van der Waals surface area contributed by atoms with Crippen molar-refractivity contribution in [1.29, 1.82) is 0 Å². The first-order chi connectivity index (χ1) is 11.5.